The van der Waals surface area contributed by atoms with Crippen LogP contribution in [-0.2, 0) is 0 Å². The molecule has 3 aromatic carbocycles. The molecule has 0 aliphatic heterocycles. The number of hydrazone groups is 1. The number of carbonyl (C=O) groups excluding carboxylic acids is 1. The molecule has 0 unspecified atom stereocenters. The first-order valence-corrected chi connectivity index (χ1v) is 11.1. The van der Waals surface area contributed by atoms with Crippen LogP contribution in [0.3, 0.4) is 0 Å². The summed E-state index contributed by atoms with van der Waals surface area (Å²) in [6, 6.07) is 22.6. The van der Waals surface area contributed by atoms with Gasteiger partial charge in [0.05, 0.1) is 24.6 Å². The molecular weight excluding hydrogens is 434 g/mol. The molecule has 1 aromatic heterocycles. The van der Waals surface area contributed by atoms with Crippen LogP contribution in [-0.4, -0.2) is 24.3 Å². The summed E-state index contributed by atoms with van der Waals surface area (Å²) in [5, 5.41) is 5.00. The van der Waals surface area contributed by atoms with E-state index < -0.39 is 5.97 Å². The molecule has 0 bridgehead atoms. The number of methoxy groups -OCH3 is 1. The molecule has 0 aliphatic carbocycles. The monoisotopic (exact) mass is 457 g/mol. The smallest absolute Gasteiger partial charge is 0.343 e. The summed E-state index contributed by atoms with van der Waals surface area (Å²) in [7, 11) is 1.53. The molecule has 0 aliphatic rings. The van der Waals surface area contributed by atoms with E-state index in [1.165, 1.54) is 7.11 Å². The Kier molecular flexibility index (Phi) is 6.80. The van der Waals surface area contributed by atoms with E-state index in [2.05, 4.69) is 15.5 Å². The van der Waals surface area contributed by atoms with E-state index >= 15 is 0 Å². The van der Waals surface area contributed by atoms with E-state index in [0.717, 1.165) is 27.3 Å². The van der Waals surface area contributed by atoms with Crippen LogP contribution in [0.15, 0.2) is 77.9 Å². The Bertz CT molecular complexity index is 1300. The molecule has 0 spiro atoms. The Labute approximate surface area is 196 Å². The van der Waals surface area contributed by atoms with E-state index in [1.807, 2.05) is 56.3 Å². The molecule has 0 fully saturated rings. The highest BCUT2D eigenvalue weighted by atomic mass is 32.1. The van der Waals surface area contributed by atoms with Gasteiger partial charge in [0, 0.05) is 10.4 Å². The first kappa shape index (κ1) is 22.2. The van der Waals surface area contributed by atoms with Crippen molar-refractivity contribution in [3.05, 3.63) is 94.4 Å². The minimum absolute atomic E-state index is 0.346. The largest absolute Gasteiger partial charge is 0.493 e. The number of hydrogen-bond acceptors (Lipinski definition) is 7. The fourth-order valence-electron chi connectivity index (χ4n) is 3.28. The van der Waals surface area contributed by atoms with Crippen LogP contribution in [0.1, 0.15) is 26.4 Å². The molecule has 0 radical (unpaired) electrons. The van der Waals surface area contributed by atoms with Gasteiger partial charge >= 0.3 is 5.97 Å². The minimum Gasteiger partial charge on any atom is -0.493 e. The van der Waals surface area contributed by atoms with Crippen LogP contribution < -0.4 is 14.9 Å². The molecule has 6 nitrogen and oxygen atoms in total. The molecule has 7 heteroatoms. The number of anilines is 1. The van der Waals surface area contributed by atoms with Crippen LogP contribution in [0.4, 0.5) is 5.13 Å². The number of esters is 1. The summed E-state index contributed by atoms with van der Waals surface area (Å²) in [5.41, 5.74) is 7.16. The predicted octanol–water partition coefficient (Wildman–Crippen LogP) is 6.10. The maximum Gasteiger partial charge on any atom is 0.343 e. The molecule has 0 saturated heterocycles. The van der Waals surface area contributed by atoms with Crippen LogP contribution >= 0.6 is 11.3 Å². The zero-order valence-electron chi connectivity index (χ0n) is 18.5. The normalized spacial score (nSPS) is 10.9. The van der Waals surface area contributed by atoms with Crippen LogP contribution in [0, 0.1) is 13.8 Å². The molecule has 4 rings (SSSR count). The number of ether oxygens (including phenoxy) is 2. The van der Waals surface area contributed by atoms with Crippen LogP contribution in [0.25, 0.3) is 11.3 Å². The van der Waals surface area contributed by atoms with Gasteiger partial charge in [0.2, 0.25) is 5.13 Å². The van der Waals surface area contributed by atoms with Gasteiger partial charge in [-0.05, 0) is 49.2 Å². The first-order chi connectivity index (χ1) is 16.0. The summed E-state index contributed by atoms with van der Waals surface area (Å²) in [6.45, 7) is 3.91. The van der Waals surface area contributed by atoms with E-state index in [9.17, 15) is 4.79 Å². The number of aromatic nitrogens is 1. The van der Waals surface area contributed by atoms with E-state index in [4.69, 9.17) is 9.47 Å². The fraction of sp³-hybridized carbons (Fsp3) is 0.115. The molecule has 0 amide bonds. The highest BCUT2D eigenvalue weighted by Gasteiger charge is 2.14. The SMILES string of the molecule is COc1cc(/C=N/Nc2nc(-c3ccccc3)c(C)s2)ccc1OC(=O)c1ccccc1C. The second-order valence-corrected chi connectivity index (χ2v) is 8.48. The third-order valence-corrected chi connectivity index (χ3v) is 5.85. The Balaban J connectivity index is 1.45. The van der Waals surface area contributed by atoms with Gasteiger partial charge in [-0.15, -0.1) is 11.3 Å². The topological polar surface area (TPSA) is 72.8 Å². The summed E-state index contributed by atoms with van der Waals surface area (Å²) in [4.78, 5) is 18.3. The van der Waals surface area contributed by atoms with E-state index in [0.29, 0.717) is 22.2 Å². The highest BCUT2D eigenvalue weighted by molar-refractivity contribution is 7.15. The number of nitrogens with one attached hydrogen (secondary N) is 1. The molecule has 4 aromatic rings. The van der Waals surface area contributed by atoms with Crippen molar-refractivity contribution < 1.29 is 14.3 Å². The van der Waals surface area contributed by atoms with Crippen molar-refractivity contribution in [3.8, 4) is 22.8 Å². The van der Waals surface area contributed by atoms with Crippen LogP contribution in [0.5, 0.6) is 11.5 Å². The summed E-state index contributed by atoms with van der Waals surface area (Å²) >= 11 is 1.54. The average molecular weight is 458 g/mol. The lowest BCUT2D eigenvalue weighted by atomic mass is 10.1. The maximum atomic E-state index is 12.5. The van der Waals surface area contributed by atoms with Gasteiger partial charge in [0.15, 0.2) is 11.5 Å². The van der Waals surface area contributed by atoms with Crippen molar-refractivity contribution >= 4 is 28.7 Å². The average Bonchev–Trinajstić information content (AvgIpc) is 3.21. The van der Waals surface area contributed by atoms with Crippen molar-refractivity contribution in [1.82, 2.24) is 4.98 Å². The third-order valence-electron chi connectivity index (χ3n) is 4.97. The third kappa shape index (κ3) is 5.27. The number of thiazole rings is 1. The Morgan fingerprint density at radius 2 is 1.76 bits per heavy atom. The lowest BCUT2D eigenvalue weighted by Crippen LogP contribution is -2.10. The fourth-order valence-corrected chi connectivity index (χ4v) is 4.06. The summed E-state index contributed by atoms with van der Waals surface area (Å²) in [5.74, 6) is 0.360. The molecule has 0 atom stereocenters. The van der Waals surface area contributed by atoms with E-state index in [-0.39, 0.29) is 0 Å². The molecule has 1 N–H and O–H groups in total. The lowest BCUT2D eigenvalue weighted by molar-refractivity contribution is 0.0729. The van der Waals surface area contributed by atoms with Crippen molar-refractivity contribution in [3.63, 3.8) is 0 Å². The maximum absolute atomic E-state index is 12.5. The zero-order chi connectivity index (χ0) is 23.2. The van der Waals surface area contributed by atoms with Crippen LogP contribution in [0.2, 0.25) is 0 Å². The molecular formula is C26H23N3O3S. The molecule has 33 heavy (non-hydrogen) atoms. The van der Waals surface area contributed by atoms with Crippen molar-refractivity contribution in [1.29, 1.82) is 0 Å². The number of nitrogens with zero attached hydrogens (tertiary/aromatic N) is 2. The van der Waals surface area contributed by atoms with E-state index in [1.54, 1.807) is 47.9 Å². The Morgan fingerprint density at radius 3 is 2.52 bits per heavy atom. The summed E-state index contributed by atoms with van der Waals surface area (Å²) < 4.78 is 11.0. The number of aryl methyl sites for hydroxylation is 2. The number of benzene rings is 3. The van der Waals surface area contributed by atoms with Crippen molar-refractivity contribution in [2.75, 3.05) is 12.5 Å². The Morgan fingerprint density at radius 1 is 1.00 bits per heavy atom. The molecule has 0 saturated carbocycles. The van der Waals surface area contributed by atoms with Gasteiger partial charge in [0.25, 0.3) is 0 Å². The second-order valence-electron chi connectivity index (χ2n) is 7.27. The molecule has 166 valence electrons. The number of hydrogen-bond donors (Lipinski definition) is 1. The Hall–Kier alpha value is -3.97. The van der Waals surface area contributed by atoms with Gasteiger partial charge in [-0.1, -0.05) is 48.5 Å². The van der Waals surface area contributed by atoms with Gasteiger partial charge in [0.1, 0.15) is 0 Å². The van der Waals surface area contributed by atoms with Gasteiger partial charge in [-0.2, -0.15) is 5.10 Å². The molecule has 1 heterocycles. The highest BCUT2D eigenvalue weighted by Crippen LogP contribution is 2.31. The second kappa shape index (κ2) is 10.1. The van der Waals surface area contributed by atoms with Gasteiger partial charge in [-0.3, -0.25) is 5.43 Å². The van der Waals surface area contributed by atoms with Gasteiger partial charge < -0.3 is 9.47 Å². The standard InChI is InChI=1S/C26H23N3O3S/c1-17-9-7-8-12-21(17)25(30)32-22-14-13-19(15-23(22)31-3)16-27-29-26-28-24(18(2)33-26)20-10-5-4-6-11-20/h4-16H,1-3H3,(H,28,29)/b27-16+. The van der Waals surface area contributed by atoms with Crippen molar-refractivity contribution in [2.45, 2.75) is 13.8 Å². The number of carbonyl (C=O) groups is 1. The zero-order valence-corrected chi connectivity index (χ0v) is 19.3. The lowest BCUT2D eigenvalue weighted by Gasteiger charge is -2.11. The summed E-state index contributed by atoms with van der Waals surface area (Å²) in [6.07, 6.45) is 1.66. The quantitative estimate of drug-likeness (QED) is 0.157. The van der Waals surface area contributed by atoms with Crippen molar-refractivity contribution in [2.24, 2.45) is 5.10 Å². The number of rotatable bonds is 7. The predicted molar refractivity (Wildman–Crippen MR) is 133 cm³/mol. The first-order valence-electron chi connectivity index (χ1n) is 10.3. The minimum atomic E-state index is -0.428. The van der Waals surface area contributed by atoms with Gasteiger partial charge in [-0.25, -0.2) is 9.78 Å².